The fourth-order valence-electron chi connectivity index (χ4n) is 2.03. The summed E-state index contributed by atoms with van der Waals surface area (Å²) in [6, 6.07) is 0.535. The van der Waals surface area contributed by atoms with Crippen molar-refractivity contribution >= 4 is 5.91 Å². The van der Waals surface area contributed by atoms with Crippen LogP contribution in [0.5, 0.6) is 0 Å². The van der Waals surface area contributed by atoms with E-state index in [2.05, 4.69) is 6.92 Å². The maximum atomic E-state index is 11.4. The van der Waals surface area contributed by atoms with Crippen LogP contribution in [0.1, 0.15) is 51.9 Å². The van der Waals surface area contributed by atoms with Crippen molar-refractivity contribution in [3.63, 3.8) is 0 Å². The number of piperidine rings is 1. The number of carbonyl (C=O) groups is 1. The van der Waals surface area contributed by atoms with E-state index in [1.807, 2.05) is 11.9 Å². The molecule has 0 aromatic heterocycles. The number of rotatable bonds is 4. The normalized spacial score (nSPS) is 23.7. The predicted octanol–water partition coefficient (Wildman–Crippen LogP) is 2.58. The molecule has 1 saturated heterocycles. The lowest BCUT2D eigenvalue weighted by Crippen LogP contribution is -2.40. The Kier molecular flexibility index (Phi) is 4.26. The van der Waals surface area contributed by atoms with Crippen LogP contribution in [0, 0.1) is 0 Å². The number of likely N-dealkylation sites (tertiary alicyclic amines) is 1. The van der Waals surface area contributed by atoms with Gasteiger partial charge in [0.15, 0.2) is 0 Å². The second-order valence-electron chi connectivity index (χ2n) is 4.05. The highest BCUT2D eigenvalue weighted by Gasteiger charge is 2.23. The molecular weight excluding hydrogens is 162 g/mol. The van der Waals surface area contributed by atoms with Gasteiger partial charge in [0.25, 0.3) is 0 Å². The Morgan fingerprint density at radius 3 is 2.92 bits per heavy atom. The van der Waals surface area contributed by atoms with E-state index in [-0.39, 0.29) is 0 Å². The molecule has 0 aromatic carbocycles. The molecule has 1 fully saturated rings. The molecule has 0 bridgehead atoms. The first-order valence-corrected chi connectivity index (χ1v) is 5.51. The monoisotopic (exact) mass is 183 g/mol. The van der Waals surface area contributed by atoms with E-state index in [0.29, 0.717) is 11.9 Å². The van der Waals surface area contributed by atoms with E-state index in [4.69, 9.17) is 0 Å². The van der Waals surface area contributed by atoms with Gasteiger partial charge in [0.1, 0.15) is 0 Å². The molecule has 0 N–H and O–H groups in total. The molecule has 13 heavy (non-hydrogen) atoms. The molecule has 2 nitrogen and oxygen atoms in total. The molecule has 1 atom stereocenters. The van der Waals surface area contributed by atoms with E-state index >= 15 is 0 Å². The standard InChI is InChI=1S/C11H21NO/c1-3-4-5-7-10-8-6-9-11(13)12(10)2/h10H,3-9H2,1-2H3. The maximum absolute atomic E-state index is 11.4. The molecule has 1 aliphatic rings. The molecule has 1 rings (SSSR count). The van der Waals surface area contributed by atoms with E-state index < -0.39 is 0 Å². The van der Waals surface area contributed by atoms with Crippen molar-refractivity contribution in [1.29, 1.82) is 0 Å². The average Bonchev–Trinajstić information content (AvgIpc) is 2.13. The number of nitrogens with zero attached hydrogens (tertiary/aromatic N) is 1. The molecule has 1 aliphatic heterocycles. The lowest BCUT2D eigenvalue weighted by molar-refractivity contribution is -0.134. The van der Waals surface area contributed by atoms with Crippen molar-refractivity contribution in [2.45, 2.75) is 57.9 Å². The highest BCUT2D eigenvalue weighted by atomic mass is 16.2. The largest absolute Gasteiger partial charge is 0.343 e. The third kappa shape index (κ3) is 3.02. The topological polar surface area (TPSA) is 20.3 Å². The van der Waals surface area contributed by atoms with E-state index in [0.717, 1.165) is 12.8 Å². The molecule has 0 saturated carbocycles. The quantitative estimate of drug-likeness (QED) is 0.613. The number of carbonyl (C=O) groups excluding carboxylic acids is 1. The van der Waals surface area contributed by atoms with Crippen LogP contribution in [-0.2, 0) is 4.79 Å². The third-order valence-corrected chi connectivity index (χ3v) is 3.01. The Bertz CT molecular complexity index is 167. The van der Waals surface area contributed by atoms with Gasteiger partial charge in [0.05, 0.1) is 0 Å². The van der Waals surface area contributed by atoms with Crippen LogP contribution in [0.3, 0.4) is 0 Å². The zero-order chi connectivity index (χ0) is 9.68. The van der Waals surface area contributed by atoms with Gasteiger partial charge in [-0.25, -0.2) is 0 Å². The zero-order valence-corrected chi connectivity index (χ0v) is 8.88. The van der Waals surface area contributed by atoms with Crippen LogP contribution in [0.2, 0.25) is 0 Å². The van der Waals surface area contributed by atoms with Crippen molar-refractivity contribution in [3.05, 3.63) is 0 Å². The van der Waals surface area contributed by atoms with Crippen LogP contribution < -0.4 is 0 Å². The van der Waals surface area contributed by atoms with Crippen molar-refractivity contribution in [1.82, 2.24) is 4.90 Å². The first-order chi connectivity index (χ1) is 6.25. The van der Waals surface area contributed by atoms with Gasteiger partial charge in [0.2, 0.25) is 5.91 Å². The summed E-state index contributed by atoms with van der Waals surface area (Å²) < 4.78 is 0. The van der Waals surface area contributed by atoms with Gasteiger partial charge in [-0.05, 0) is 19.3 Å². The molecule has 1 amide bonds. The van der Waals surface area contributed by atoms with Crippen LogP contribution >= 0.6 is 0 Å². The molecule has 1 heterocycles. The second kappa shape index (κ2) is 5.25. The first kappa shape index (κ1) is 10.6. The Morgan fingerprint density at radius 1 is 1.46 bits per heavy atom. The summed E-state index contributed by atoms with van der Waals surface area (Å²) >= 11 is 0. The van der Waals surface area contributed by atoms with Gasteiger partial charge in [-0.2, -0.15) is 0 Å². The van der Waals surface area contributed by atoms with Gasteiger partial charge < -0.3 is 4.90 Å². The van der Waals surface area contributed by atoms with Crippen molar-refractivity contribution in [3.8, 4) is 0 Å². The van der Waals surface area contributed by atoms with E-state index in [1.165, 1.54) is 32.1 Å². The maximum Gasteiger partial charge on any atom is 0.222 e. The predicted molar refractivity (Wildman–Crippen MR) is 54.6 cm³/mol. The summed E-state index contributed by atoms with van der Waals surface area (Å²) in [4.78, 5) is 13.3. The van der Waals surface area contributed by atoms with Crippen LogP contribution in [-0.4, -0.2) is 23.9 Å². The fourth-order valence-corrected chi connectivity index (χ4v) is 2.03. The summed E-state index contributed by atoms with van der Waals surface area (Å²) in [6.45, 7) is 2.22. The van der Waals surface area contributed by atoms with Gasteiger partial charge in [-0.3, -0.25) is 4.79 Å². The first-order valence-electron chi connectivity index (χ1n) is 5.51. The third-order valence-electron chi connectivity index (χ3n) is 3.01. The highest BCUT2D eigenvalue weighted by molar-refractivity contribution is 5.76. The molecule has 0 aliphatic carbocycles. The van der Waals surface area contributed by atoms with Gasteiger partial charge in [-0.1, -0.05) is 26.2 Å². The molecule has 0 aromatic rings. The summed E-state index contributed by atoms with van der Waals surface area (Å²) in [5.74, 6) is 0.341. The molecule has 1 unspecified atom stereocenters. The molecule has 0 radical (unpaired) electrons. The Balaban J connectivity index is 2.27. The Hall–Kier alpha value is -0.530. The summed E-state index contributed by atoms with van der Waals surface area (Å²) in [6.07, 6.45) is 8.13. The van der Waals surface area contributed by atoms with Gasteiger partial charge in [-0.15, -0.1) is 0 Å². The molecule has 76 valence electrons. The summed E-state index contributed by atoms with van der Waals surface area (Å²) in [5, 5.41) is 0. The van der Waals surface area contributed by atoms with E-state index in [9.17, 15) is 4.79 Å². The molecule has 2 heteroatoms. The smallest absolute Gasteiger partial charge is 0.222 e. The van der Waals surface area contributed by atoms with Gasteiger partial charge in [0, 0.05) is 19.5 Å². The Labute approximate surface area is 81.3 Å². The fraction of sp³-hybridized carbons (Fsp3) is 0.909. The minimum atomic E-state index is 0.341. The summed E-state index contributed by atoms with van der Waals surface area (Å²) in [5.41, 5.74) is 0. The Morgan fingerprint density at radius 2 is 2.23 bits per heavy atom. The summed E-state index contributed by atoms with van der Waals surface area (Å²) in [7, 11) is 1.96. The highest BCUT2D eigenvalue weighted by Crippen LogP contribution is 2.20. The van der Waals surface area contributed by atoms with Gasteiger partial charge >= 0.3 is 0 Å². The lowest BCUT2D eigenvalue weighted by atomic mass is 9.97. The zero-order valence-electron chi connectivity index (χ0n) is 8.88. The van der Waals surface area contributed by atoms with Crippen LogP contribution in [0.25, 0.3) is 0 Å². The second-order valence-corrected chi connectivity index (χ2v) is 4.05. The van der Waals surface area contributed by atoms with Crippen molar-refractivity contribution < 1.29 is 4.79 Å². The van der Waals surface area contributed by atoms with Crippen LogP contribution in [0.15, 0.2) is 0 Å². The molecular formula is C11H21NO. The molecule has 0 spiro atoms. The van der Waals surface area contributed by atoms with Crippen molar-refractivity contribution in [2.24, 2.45) is 0 Å². The minimum absolute atomic E-state index is 0.341. The lowest BCUT2D eigenvalue weighted by Gasteiger charge is -2.32. The van der Waals surface area contributed by atoms with Crippen molar-refractivity contribution in [2.75, 3.05) is 7.05 Å². The number of unbranched alkanes of at least 4 members (excludes halogenated alkanes) is 2. The SMILES string of the molecule is CCCCCC1CCCC(=O)N1C. The number of hydrogen-bond acceptors (Lipinski definition) is 1. The number of hydrogen-bond donors (Lipinski definition) is 0. The average molecular weight is 183 g/mol. The number of amides is 1. The van der Waals surface area contributed by atoms with Crippen LogP contribution in [0.4, 0.5) is 0 Å². The minimum Gasteiger partial charge on any atom is -0.343 e. The van der Waals surface area contributed by atoms with E-state index in [1.54, 1.807) is 0 Å².